The first kappa shape index (κ1) is 12.2. The molecule has 3 unspecified atom stereocenters. The second kappa shape index (κ2) is 4.78. The third-order valence-corrected chi connectivity index (χ3v) is 4.66. The maximum absolute atomic E-state index is 6.00. The van der Waals surface area contributed by atoms with Crippen LogP contribution in [-0.2, 0) is 4.74 Å². The van der Waals surface area contributed by atoms with Crippen LogP contribution in [0, 0.1) is 12.8 Å². The van der Waals surface area contributed by atoms with Gasteiger partial charge in [0.15, 0.2) is 0 Å². The summed E-state index contributed by atoms with van der Waals surface area (Å²) in [5.74, 6) is 1.56. The SMILES string of the molecule is Cc1ccc2cc(OCC3CC4CCC3O4)ccc2c1. The highest BCUT2D eigenvalue weighted by molar-refractivity contribution is 5.84. The van der Waals surface area contributed by atoms with Gasteiger partial charge < -0.3 is 9.47 Å². The Kier molecular flexibility index (Phi) is 2.92. The average molecular weight is 268 g/mol. The van der Waals surface area contributed by atoms with E-state index >= 15 is 0 Å². The van der Waals surface area contributed by atoms with E-state index in [-0.39, 0.29) is 0 Å². The number of benzene rings is 2. The predicted octanol–water partition coefficient (Wildman–Crippen LogP) is 4.09. The van der Waals surface area contributed by atoms with Crippen LogP contribution in [-0.4, -0.2) is 18.8 Å². The minimum Gasteiger partial charge on any atom is -0.493 e. The van der Waals surface area contributed by atoms with Crippen molar-refractivity contribution in [3.05, 3.63) is 42.0 Å². The summed E-state index contributed by atoms with van der Waals surface area (Å²) in [6.07, 6.45) is 4.60. The Balaban J connectivity index is 1.47. The molecular formula is C18H20O2. The first-order valence-electron chi connectivity index (χ1n) is 7.56. The molecule has 4 rings (SSSR count). The normalized spacial score (nSPS) is 28.1. The molecule has 2 aliphatic heterocycles. The summed E-state index contributed by atoms with van der Waals surface area (Å²) in [7, 11) is 0. The first-order chi connectivity index (χ1) is 9.78. The van der Waals surface area contributed by atoms with Crippen molar-refractivity contribution in [3.8, 4) is 5.75 Å². The van der Waals surface area contributed by atoms with Gasteiger partial charge in [-0.1, -0.05) is 29.8 Å². The number of aryl methyl sites for hydroxylation is 1. The Morgan fingerprint density at radius 1 is 1.10 bits per heavy atom. The van der Waals surface area contributed by atoms with Gasteiger partial charge in [-0.15, -0.1) is 0 Å². The molecule has 0 amide bonds. The van der Waals surface area contributed by atoms with E-state index in [4.69, 9.17) is 9.47 Å². The Hall–Kier alpha value is -1.54. The van der Waals surface area contributed by atoms with Gasteiger partial charge >= 0.3 is 0 Å². The molecule has 2 fully saturated rings. The fraction of sp³-hybridized carbons (Fsp3) is 0.444. The Morgan fingerprint density at radius 2 is 1.95 bits per heavy atom. The van der Waals surface area contributed by atoms with E-state index in [9.17, 15) is 0 Å². The molecule has 2 heteroatoms. The largest absolute Gasteiger partial charge is 0.493 e. The lowest BCUT2D eigenvalue weighted by atomic mass is 9.90. The van der Waals surface area contributed by atoms with Crippen LogP contribution >= 0.6 is 0 Å². The molecular weight excluding hydrogens is 248 g/mol. The topological polar surface area (TPSA) is 18.5 Å². The summed E-state index contributed by atoms with van der Waals surface area (Å²) in [5, 5.41) is 2.53. The maximum Gasteiger partial charge on any atom is 0.119 e. The fourth-order valence-electron chi connectivity index (χ4n) is 3.55. The van der Waals surface area contributed by atoms with Crippen molar-refractivity contribution in [2.75, 3.05) is 6.61 Å². The highest BCUT2D eigenvalue weighted by Gasteiger charge is 2.40. The predicted molar refractivity (Wildman–Crippen MR) is 80.2 cm³/mol. The van der Waals surface area contributed by atoms with E-state index in [0.29, 0.717) is 18.1 Å². The summed E-state index contributed by atoms with van der Waals surface area (Å²) in [4.78, 5) is 0. The van der Waals surface area contributed by atoms with Gasteiger partial charge in [-0.05, 0) is 49.1 Å². The molecule has 2 bridgehead atoms. The van der Waals surface area contributed by atoms with Crippen molar-refractivity contribution in [1.82, 2.24) is 0 Å². The molecule has 0 aliphatic carbocycles. The quantitative estimate of drug-likeness (QED) is 0.834. The van der Waals surface area contributed by atoms with E-state index in [1.807, 2.05) is 0 Å². The van der Waals surface area contributed by atoms with Gasteiger partial charge in [-0.3, -0.25) is 0 Å². The van der Waals surface area contributed by atoms with Crippen molar-refractivity contribution in [2.24, 2.45) is 5.92 Å². The summed E-state index contributed by atoms with van der Waals surface area (Å²) in [6.45, 7) is 2.91. The average Bonchev–Trinajstić information content (AvgIpc) is 3.07. The van der Waals surface area contributed by atoms with E-state index in [1.54, 1.807) is 0 Å². The van der Waals surface area contributed by atoms with Crippen molar-refractivity contribution >= 4 is 10.8 Å². The molecule has 20 heavy (non-hydrogen) atoms. The zero-order valence-electron chi connectivity index (χ0n) is 11.8. The minimum atomic E-state index is 0.447. The van der Waals surface area contributed by atoms with Gasteiger partial charge in [0.05, 0.1) is 18.8 Å². The first-order valence-corrected chi connectivity index (χ1v) is 7.56. The number of hydrogen-bond acceptors (Lipinski definition) is 2. The molecule has 3 atom stereocenters. The van der Waals surface area contributed by atoms with Crippen molar-refractivity contribution in [2.45, 2.75) is 38.4 Å². The number of ether oxygens (including phenoxy) is 2. The van der Waals surface area contributed by atoms with Gasteiger partial charge in [0.25, 0.3) is 0 Å². The highest BCUT2D eigenvalue weighted by Crippen LogP contribution is 2.39. The highest BCUT2D eigenvalue weighted by atomic mass is 16.5. The third kappa shape index (κ3) is 2.18. The Morgan fingerprint density at radius 3 is 2.75 bits per heavy atom. The lowest BCUT2D eigenvalue weighted by molar-refractivity contribution is 0.0825. The van der Waals surface area contributed by atoms with Crippen molar-refractivity contribution in [3.63, 3.8) is 0 Å². The molecule has 2 aromatic carbocycles. The summed E-state index contributed by atoms with van der Waals surface area (Å²) in [5.41, 5.74) is 1.30. The van der Waals surface area contributed by atoms with Crippen molar-refractivity contribution in [1.29, 1.82) is 0 Å². The molecule has 2 nitrogen and oxygen atoms in total. The molecule has 2 aliphatic rings. The molecule has 0 N–H and O–H groups in total. The zero-order valence-corrected chi connectivity index (χ0v) is 11.8. The summed E-state index contributed by atoms with van der Waals surface area (Å²) in [6, 6.07) is 12.9. The minimum absolute atomic E-state index is 0.447. The number of rotatable bonds is 3. The van der Waals surface area contributed by atoms with Crippen LogP contribution in [0.4, 0.5) is 0 Å². The summed E-state index contributed by atoms with van der Waals surface area (Å²) < 4.78 is 11.9. The van der Waals surface area contributed by atoms with Gasteiger partial charge in [0, 0.05) is 5.92 Å². The molecule has 2 heterocycles. The van der Waals surface area contributed by atoms with Crippen LogP contribution in [0.3, 0.4) is 0 Å². The Bertz CT molecular complexity index is 634. The van der Waals surface area contributed by atoms with Crippen LogP contribution in [0.25, 0.3) is 10.8 Å². The van der Waals surface area contributed by atoms with Crippen LogP contribution < -0.4 is 4.74 Å². The van der Waals surface area contributed by atoms with E-state index in [0.717, 1.165) is 12.4 Å². The smallest absolute Gasteiger partial charge is 0.119 e. The van der Waals surface area contributed by atoms with Gasteiger partial charge in [0.2, 0.25) is 0 Å². The van der Waals surface area contributed by atoms with Gasteiger partial charge in [0.1, 0.15) is 5.75 Å². The zero-order chi connectivity index (χ0) is 13.5. The monoisotopic (exact) mass is 268 g/mol. The molecule has 0 spiro atoms. The molecule has 2 aromatic rings. The van der Waals surface area contributed by atoms with Gasteiger partial charge in [-0.25, -0.2) is 0 Å². The van der Waals surface area contributed by atoms with Crippen LogP contribution in [0.15, 0.2) is 36.4 Å². The van der Waals surface area contributed by atoms with Crippen LogP contribution in [0.1, 0.15) is 24.8 Å². The number of hydrogen-bond donors (Lipinski definition) is 0. The Labute approximate surface area is 119 Å². The second-order valence-electron chi connectivity index (χ2n) is 6.19. The fourth-order valence-corrected chi connectivity index (χ4v) is 3.55. The second-order valence-corrected chi connectivity index (χ2v) is 6.19. The lowest BCUT2D eigenvalue weighted by Gasteiger charge is -2.19. The third-order valence-electron chi connectivity index (χ3n) is 4.66. The van der Waals surface area contributed by atoms with Crippen molar-refractivity contribution < 1.29 is 9.47 Å². The molecule has 0 saturated carbocycles. The lowest BCUT2D eigenvalue weighted by Crippen LogP contribution is -2.23. The molecule has 2 saturated heterocycles. The van der Waals surface area contributed by atoms with Crippen LogP contribution in [0.2, 0.25) is 0 Å². The number of fused-ring (bicyclic) bond motifs is 3. The molecule has 104 valence electrons. The molecule has 0 aromatic heterocycles. The standard InChI is InChI=1S/C18H20O2/c1-12-2-3-14-9-16(5-4-13(14)8-12)19-11-15-10-17-6-7-18(15)20-17/h2-5,8-9,15,17-18H,6-7,10-11H2,1H3. The van der Waals surface area contributed by atoms with Gasteiger partial charge in [-0.2, -0.15) is 0 Å². The van der Waals surface area contributed by atoms with E-state index in [2.05, 4.69) is 43.3 Å². The van der Waals surface area contributed by atoms with E-state index < -0.39 is 0 Å². The molecule has 0 radical (unpaired) electrons. The van der Waals surface area contributed by atoms with E-state index in [1.165, 1.54) is 35.6 Å². The maximum atomic E-state index is 6.00. The van der Waals surface area contributed by atoms with Crippen LogP contribution in [0.5, 0.6) is 5.75 Å². The summed E-state index contributed by atoms with van der Waals surface area (Å²) >= 11 is 0.